The number of hydrogen-bond donors (Lipinski definition) is 1. The van der Waals surface area contributed by atoms with Gasteiger partial charge in [0, 0.05) is 24.2 Å². The third kappa shape index (κ3) is 3.64. The molecule has 0 saturated carbocycles. The van der Waals surface area contributed by atoms with Crippen LogP contribution in [0.3, 0.4) is 0 Å². The van der Waals surface area contributed by atoms with Gasteiger partial charge in [-0.1, -0.05) is 51.4 Å². The molecule has 1 aliphatic heterocycles. The van der Waals surface area contributed by atoms with Gasteiger partial charge in [0.05, 0.1) is 5.92 Å². The van der Waals surface area contributed by atoms with E-state index in [0.29, 0.717) is 5.02 Å². The largest absolute Gasteiger partial charge is 0.342 e. The first kappa shape index (κ1) is 17.3. The summed E-state index contributed by atoms with van der Waals surface area (Å²) in [5.74, 6) is 0.269. The number of likely N-dealkylation sites (tertiary alicyclic amines) is 1. The molecule has 1 aromatic carbocycles. The molecule has 2 rings (SSSR count). The van der Waals surface area contributed by atoms with Crippen LogP contribution in [0.25, 0.3) is 0 Å². The van der Waals surface area contributed by atoms with Gasteiger partial charge in [0.1, 0.15) is 0 Å². The maximum absolute atomic E-state index is 13.1. The topological polar surface area (TPSA) is 46.3 Å². The Balaban J connectivity index is 2.24. The Kier molecular flexibility index (Phi) is 5.18. The van der Waals surface area contributed by atoms with Crippen LogP contribution < -0.4 is 5.73 Å². The van der Waals surface area contributed by atoms with E-state index in [1.54, 1.807) is 0 Å². The second-order valence-corrected chi connectivity index (χ2v) is 7.86. The second-order valence-electron chi connectivity index (χ2n) is 7.42. The summed E-state index contributed by atoms with van der Waals surface area (Å²) in [5.41, 5.74) is 7.15. The molecule has 122 valence electrons. The van der Waals surface area contributed by atoms with Crippen LogP contribution >= 0.6 is 11.6 Å². The minimum absolute atomic E-state index is 0.0379. The van der Waals surface area contributed by atoms with Gasteiger partial charge in [-0.25, -0.2) is 0 Å². The Hall–Kier alpha value is -1.06. The normalized spacial score (nSPS) is 22.7. The molecule has 1 aliphatic rings. The van der Waals surface area contributed by atoms with E-state index in [2.05, 4.69) is 27.7 Å². The van der Waals surface area contributed by atoms with Crippen molar-refractivity contribution in [1.82, 2.24) is 4.90 Å². The minimum atomic E-state index is -0.149. The molecular formula is C18H27ClN2O. The van der Waals surface area contributed by atoms with Crippen LogP contribution in [0.1, 0.15) is 45.6 Å². The summed E-state index contributed by atoms with van der Waals surface area (Å²) in [6.45, 7) is 9.92. The smallest absolute Gasteiger partial charge is 0.230 e. The lowest BCUT2D eigenvalue weighted by Gasteiger charge is -2.44. The Morgan fingerprint density at radius 2 is 2.09 bits per heavy atom. The molecule has 0 aliphatic carbocycles. The van der Waals surface area contributed by atoms with Gasteiger partial charge in [-0.05, 0) is 35.4 Å². The molecule has 0 spiro atoms. The molecule has 3 nitrogen and oxygen atoms in total. The fourth-order valence-corrected chi connectivity index (χ4v) is 3.47. The number of hydrogen-bond acceptors (Lipinski definition) is 2. The molecule has 1 saturated heterocycles. The first-order valence-corrected chi connectivity index (χ1v) is 8.40. The summed E-state index contributed by atoms with van der Waals surface area (Å²) in [4.78, 5) is 15.1. The van der Waals surface area contributed by atoms with Crippen molar-refractivity contribution in [2.75, 3.05) is 13.1 Å². The van der Waals surface area contributed by atoms with E-state index in [4.69, 9.17) is 17.3 Å². The molecule has 0 bridgehead atoms. The van der Waals surface area contributed by atoms with E-state index in [-0.39, 0.29) is 29.2 Å². The fourth-order valence-electron chi connectivity index (χ4n) is 3.27. The second kappa shape index (κ2) is 6.59. The van der Waals surface area contributed by atoms with Crippen LogP contribution in [-0.2, 0) is 4.79 Å². The van der Waals surface area contributed by atoms with Crippen LogP contribution in [0.2, 0.25) is 5.02 Å². The first-order chi connectivity index (χ1) is 10.2. The average molecular weight is 323 g/mol. The summed E-state index contributed by atoms with van der Waals surface area (Å²) < 4.78 is 0. The van der Waals surface area contributed by atoms with Crippen molar-refractivity contribution in [3.05, 3.63) is 34.9 Å². The zero-order chi connectivity index (χ0) is 16.5. The average Bonchev–Trinajstić information content (AvgIpc) is 2.41. The van der Waals surface area contributed by atoms with Gasteiger partial charge in [0.25, 0.3) is 0 Å². The van der Waals surface area contributed by atoms with Crippen LogP contribution in [0, 0.1) is 11.3 Å². The highest BCUT2D eigenvalue weighted by molar-refractivity contribution is 6.30. The van der Waals surface area contributed by atoms with Crippen molar-refractivity contribution in [2.24, 2.45) is 17.1 Å². The lowest BCUT2D eigenvalue weighted by molar-refractivity contribution is -0.137. The van der Waals surface area contributed by atoms with Crippen LogP contribution in [0.5, 0.6) is 0 Å². The highest BCUT2D eigenvalue weighted by atomic mass is 35.5. The lowest BCUT2D eigenvalue weighted by Crippen LogP contribution is -2.55. The molecular weight excluding hydrogens is 296 g/mol. The third-order valence-corrected chi connectivity index (χ3v) is 5.00. The Bertz CT molecular complexity index is 542. The molecule has 1 aromatic rings. The van der Waals surface area contributed by atoms with E-state index < -0.39 is 0 Å². The maximum Gasteiger partial charge on any atom is 0.230 e. The Labute approximate surface area is 138 Å². The molecule has 4 heteroatoms. The molecule has 1 fully saturated rings. The monoisotopic (exact) mass is 322 g/mol. The fraction of sp³-hybridized carbons (Fsp3) is 0.611. The predicted octanol–water partition coefficient (Wildman–Crippen LogP) is 3.67. The Morgan fingerprint density at radius 1 is 1.41 bits per heavy atom. The number of benzene rings is 1. The van der Waals surface area contributed by atoms with Gasteiger partial charge in [0.15, 0.2) is 0 Å². The molecule has 1 heterocycles. The van der Waals surface area contributed by atoms with E-state index in [1.807, 2.05) is 29.2 Å². The van der Waals surface area contributed by atoms with Gasteiger partial charge < -0.3 is 10.6 Å². The van der Waals surface area contributed by atoms with E-state index in [0.717, 1.165) is 25.1 Å². The molecule has 2 atom stereocenters. The zero-order valence-electron chi connectivity index (χ0n) is 14.0. The van der Waals surface area contributed by atoms with Gasteiger partial charge in [-0.2, -0.15) is 0 Å². The zero-order valence-corrected chi connectivity index (χ0v) is 14.7. The van der Waals surface area contributed by atoms with Crippen molar-refractivity contribution in [3.63, 3.8) is 0 Å². The van der Waals surface area contributed by atoms with E-state index >= 15 is 0 Å². The number of piperidine rings is 1. The van der Waals surface area contributed by atoms with Crippen LogP contribution in [0.4, 0.5) is 0 Å². The minimum Gasteiger partial charge on any atom is -0.342 e. The number of carbonyl (C=O) groups is 1. The summed E-state index contributed by atoms with van der Waals surface area (Å²) in [6, 6.07) is 7.81. The Morgan fingerprint density at radius 3 is 2.64 bits per heavy atom. The molecule has 1 amide bonds. The number of halogens is 1. The summed E-state index contributed by atoms with van der Waals surface area (Å²) >= 11 is 6.11. The van der Waals surface area contributed by atoms with Gasteiger partial charge >= 0.3 is 0 Å². The van der Waals surface area contributed by atoms with Crippen LogP contribution in [0.15, 0.2) is 24.3 Å². The van der Waals surface area contributed by atoms with E-state index in [9.17, 15) is 4.79 Å². The first-order valence-electron chi connectivity index (χ1n) is 8.02. The lowest BCUT2D eigenvalue weighted by atomic mass is 9.78. The van der Waals surface area contributed by atoms with Crippen molar-refractivity contribution in [2.45, 2.75) is 46.1 Å². The standard InChI is InChI=1S/C18H27ClN2O/c1-12(2)16(13-6-5-7-14(19)10-13)17(22)21-9-8-15(20)18(3,4)11-21/h5-7,10,12,15-16H,8-9,11,20H2,1-4H3. The van der Waals surface area contributed by atoms with E-state index in [1.165, 1.54) is 0 Å². The third-order valence-electron chi connectivity index (χ3n) is 4.76. The number of amides is 1. The number of carbonyl (C=O) groups excluding carboxylic acids is 1. The number of nitrogens with zero attached hydrogens (tertiary/aromatic N) is 1. The summed E-state index contributed by atoms with van der Waals surface area (Å²) in [6.07, 6.45) is 0.860. The van der Waals surface area contributed by atoms with Crippen molar-refractivity contribution in [1.29, 1.82) is 0 Å². The predicted molar refractivity (Wildman–Crippen MR) is 92.0 cm³/mol. The van der Waals surface area contributed by atoms with Crippen molar-refractivity contribution in [3.8, 4) is 0 Å². The molecule has 0 aromatic heterocycles. The molecule has 2 N–H and O–H groups in total. The van der Waals surface area contributed by atoms with Gasteiger partial charge in [0.2, 0.25) is 5.91 Å². The highest BCUT2D eigenvalue weighted by Gasteiger charge is 2.38. The van der Waals surface area contributed by atoms with Gasteiger partial charge in [-0.15, -0.1) is 0 Å². The molecule has 22 heavy (non-hydrogen) atoms. The van der Waals surface area contributed by atoms with Crippen LogP contribution in [-0.4, -0.2) is 29.9 Å². The molecule has 2 unspecified atom stereocenters. The van der Waals surface area contributed by atoms with Gasteiger partial charge in [-0.3, -0.25) is 4.79 Å². The van der Waals surface area contributed by atoms with Crippen molar-refractivity contribution >= 4 is 17.5 Å². The molecule has 0 radical (unpaired) electrons. The number of nitrogens with two attached hydrogens (primary N) is 1. The van der Waals surface area contributed by atoms with Crippen molar-refractivity contribution < 1.29 is 4.79 Å². The summed E-state index contributed by atoms with van der Waals surface area (Å²) in [7, 11) is 0. The maximum atomic E-state index is 13.1. The number of rotatable bonds is 3. The highest BCUT2D eigenvalue weighted by Crippen LogP contribution is 2.33. The summed E-state index contributed by atoms with van der Waals surface area (Å²) in [5, 5.41) is 0.678. The SMILES string of the molecule is CC(C)C(C(=O)N1CCC(N)C(C)(C)C1)c1cccc(Cl)c1. The quantitative estimate of drug-likeness (QED) is 0.923.